The van der Waals surface area contributed by atoms with Crippen LogP contribution in [-0.2, 0) is 11.2 Å². The van der Waals surface area contributed by atoms with Gasteiger partial charge in [0.25, 0.3) is 0 Å². The SMILES string of the molecule is CC[C@H](C)[C@H](NC(=O)NCCc1cccc(C)c1)C(=O)O. The van der Waals surface area contributed by atoms with Crippen molar-refractivity contribution in [2.45, 2.75) is 39.7 Å². The minimum absolute atomic E-state index is 0.106. The van der Waals surface area contributed by atoms with Crippen LogP contribution in [-0.4, -0.2) is 29.7 Å². The fourth-order valence-corrected chi connectivity index (χ4v) is 2.06. The number of urea groups is 1. The number of carboxylic acid groups (broad SMARTS) is 1. The van der Waals surface area contributed by atoms with Gasteiger partial charge in [0.05, 0.1) is 0 Å². The standard InChI is InChI=1S/C16H24N2O3/c1-4-12(3)14(15(19)20)18-16(21)17-9-8-13-7-5-6-11(2)10-13/h5-7,10,12,14H,4,8-9H2,1-3H3,(H,19,20)(H2,17,18,21)/t12-,14-/m0/s1. The second kappa shape index (κ2) is 8.29. The molecular weight excluding hydrogens is 268 g/mol. The van der Waals surface area contributed by atoms with Crippen LogP contribution in [0.4, 0.5) is 4.79 Å². The number of aliphatic carboxylic acids is 1. The normalized spacial score (nSPS) is 13.3. The Hall–Kier alpha value is -2.04. The van der Waals surface area contributed by atoms with E-state index in [4.69, 9.17) is 5.11 Å². The van der Waals surface area contributed by atoms with Gasteiger partial charge < -0.3 is 15.7 Å². The third-order valence-corrected chi connectivity index (χ3v) is 3.55. The second-order valence-corrected chi connectivity index (χ2v) is 5.34. The predicted octanol–water partition coefficient (Wildman–Crippen LogP) is 2.34. The van der Waals surface area contributed by atoms with Gasteiger partial charge >= 0.3 is 12.0 Å². The summed E-state index contributed by atoms with van der Waals surface area (Å²) < 4.78 is 0. The van der Waals surface area contributed by atoms with Crippen molar-refractivity contribution in [3.63, 3.8) is 0 Å². The minimum atomic E-state index is -1.00. The van der Waals surface area contributed by atoms with Crippen LogP contribution in [0.25, 0.3) is 0 Å². The molecule has 0 unspecified atom stereocenters. The molecule has 0 aliphatic heterocycles. The average Bonchev–Trinajstić information content (AvgIpc) is 2.43. The molecule has 0 radical (unpaired) electrons. The van der Waals surface area contributed by atoms with E-state index in [2.05, 4.69) is 16.7 Å². The summed E-state index contributed by atoms with van der Waals surface area (Å²) in [6, 6.07) is 6.79. The van der Waals surface area contributed by atoms with Crippen molar-refractivity contribution in [2.24, 2.45) is 5.92 Å². The molecular formula is C16H24N2O3. The number of carbonyl (C=O) groups excluding carboxylic acids is 1. The lowest BCUT2D eigenvalue weighted by Crippen LogP contribution is -2.49. The third-order valence-electron chi connectivity index (χ3n) is 3.55. The summed E-state index contributed by atoms with van der Waals surface area (Å²) in [4.78, 5) is 22.9. The van der Waals surface area contributed by atoms with Crippen molar-refractivity contribution in [2.75, 3.05) is 6.54 Å². The first-order valence-corrected chi connectivity index (χ1v) is 7.26. The zero-order chi connectivity index (χ0) is 15.8. The number of hydrogen-bond donors (Lipinski definition) is 3. The maximum atomic E-state index is 11.7. The molecule has 3 N–H and O–H groups in total. The van der Waals surface area contributed by atoms with Crippen molar-refractivity contribution >= 4 is 12.0 Å². The van der Waals surface area contributed by atoms with Crippen molar-refractivity contribution in [3.8, 4) is 0 Å². The molecule has 1 aromatic rings. The molecule has 0 heterocycles. The first kappa shape index (κ1) is 17.0. The smallest absolute Gasteiger partial charge is 0.326 e. The van der Waals surface area contributed by atoms with E-state index in [1.807, 2.05) is 39.0 Å². The van der Waals surface area contributed by atoms with E-state index in [1.54, 1.807) is 0 Å². The Morgan fingerprint density at radius 3 is 2.62 bits per heavy atom. The van der Waals surface area contributed by atoms with E-state index in [1.165, 1.54) is 5.56 Å². The number of nitrogens with one attached hydrogen (secondary N) is 2. The lowest BCUT2D eigenvalue weighted by molar-refractivity contribution is -0.140. The van der Waals surface area contributed by atoms with E-state index >= 15 is 0 Å². The highest BCUT2D eigenvalue weighted by atomic mass is 16.4. The lowest BCUT2D eigenvalue weighted by atomic mass is 9.99. The number of carbonyl (C=O) groups is 2. The fraction of sp³-hybridized carbons (Fsp3) is 0.500. The minimum Gasteiger partial charge on any atom is -0.480 e. The molecule has 0 aliphatic rings. The molecule has 0 aliphatic carbocycles. The van der Waals surface area contributed by atoms with E-state index in [-0.39, 0.29) is 5.92 Å². The van der Waals surface area contributed by atoms with Crippen molar-refractivity contribution in [3.05, 3.63) is 35.4 Å². The van der Waals surface area contributed by atoms with E-state index in [0.29, 0.717) is 13.0 Å². The van der Waals surface area contributed by atoms with E-state index < -0.39 is 18.0 Å². The summed E-state index contributed by atoms with van der Waals surface area (Å²) in [6.07, 6.45) is 1.41. The largest absolute Gasteiger partial charge is 0.480 e. The predicted molar refractivity (Wildman–Crippen MR) is 82.3 cm³/mol. The zero-order valence-electron chi connectivity index (χ0n) is 12.8. The lowest BCUT2D eigenvalue weighted by Gasteiger charge is -2.20. The molecule has 0 saturated heterocycles. The molecule has 1 rings (SSSR count). The summed E-state index contributed by atoms with van der Waals surface area (Å²) in [7, 11) is 0. The van der Waals surface area contributed by atoms with Gasteiger partial charge in [-0.15, -0.1) is 0 Å². The molecule has 1 aromatic carbocycles. The van der Waals surface area contributed by atoms with Gasteiger partial charge in [-0.25, -0.2) is 9.59 Å². The van der Waals surface area contributed by atoms with Crippen LogP contribution >= 0.6 is 0 Å². The van der Waals surface area contributed by atoms with Crippen LogP contribution in [0.5, 0.6) is 0 Å². The number of benzene rings is 1. The summed E-state index contributed by atoms with van der Waals surface area (Å²) in [5.41, 5.74) is 2.33. The van der Waals surface area contributed by atoms with Gasteiger partial charge in [-0.3, -0.25) is 0 Å². The van der Waals surface area contributed by atoms with Gasteiger partial charge in [0, 0.05) is 6.54 Å². The van der Waals surface area contributed by atoms with Gasteiger partial charge in [-0.05, 0) is 24.8 Å². The summed E-state index contributed by atoms with van der Waals surface area (Å²) in [5.74, 6) is -1.11. The number of aryl methyl sites for hydroxylation is 1. The average molecular weight is 292 g/mol. The quantitative estimate of drug-likeness (QED) is 0.721. The van der Waals surface area contributed by atoms with Crippen LogP contribution in [0.2, 0.25) is 0 Å². The monoisotopic (exact) mass is 292 g/mol. The van der Waals surface area contributed by atoms with Crippen LogP contribution < -0.4 is 10.6 Å². The summed E-state index contributed by atoms with van der Waals surface area (Å²) in [5, 5.41) is 14.3. The van der Waals surface area contributed by atoms with Crippen molar-refractivity contribution in [1.29, 1.82) is 0 Å². The topological polar surface area (TPSA) is 78.4 Å². The fourth-order valence-electron chi connectivity index (χ4n) is 2.06. The molecule has 0 aromatic heterocycles. The molecule has 0 fully saturated rings. The Morgan fingerprint density at radius 1 is 1.33 bits per heavy atom. The van der Waals surface area contributed by atoms with Crippen LogP contribution in [0.15, 0.2) is 24.3 Å². The maximum absolute atomic E-state index is 11.7. The Bertz CT molecular complexity index is 488. The Balaban J connectivity index is 2.41. The van der Waals surface area contributed by atoms with E-state index in [9.17, 15) is 9.59 Å². The van der Waals surface area contributed by atoms with Gasteiger partial charge in [-0.2, -0.15) is 0 Å². The highest BCUT2D eigenvalue weighted by Gasteiger charge is 2.24. The van der Waals surface area contributed by atoms with Crippen LogP contribution in [0.3, 0.4) is 0 Å². The molecule has 0 bridgehead atoms. The molecule has 2 amide bonds. The van der Waals surface area contributed by atoms with Gasteiger partial charge in [0.2, 0.25) is 0 Å². The highest BCUT2D eigenvalue weighted by molar-refractivity contribution is 5.82. The molecule has 21 heavy (non-hydrogen) atoms. The number of rotatable bonds is 7. The molecule has 116 valence electrons. The Labute approximate surface area is 125 Å². The third kappa shape index (κ3) is 5.85. The van der Waals surface area contributed by atoms with Crippen LogP contribution in [0, 0.1) is 12.8 Å². The Morgan fingerprint density at radius 2 is 2.05 bits per heavy atom. The summed E-state index contributed by atoms with van der Waals surface area (Å²) >= 11 is 0. The zero-order valence-corrected chi connectivity index (χ0v) is 12.8. The summed E-state index contributed by atoms with van der Waals surface area (Å²) in [6.45, 7) is 6.21. The van der Waals surface area contributed by atoms with Gasteiger partial charge in [0.1, 0.15) is 6.04 Å². The highest BCUT2D eigenvalue weighted by Crippen LogP contribution is 2.08. The number of hydrogen-bond acceptors (Lipinski definition) is 2. The molecule has 2 atom stereocenters. The van der Waals surface area contributed by atoms with E-state index in [0.717, 1.165) is 12.0 Å². The first-order chi connectivity index (χ1) is 9.93. The molecule has 0 spiro atoms. The second-order valence-electron chi connectivity index (χ2n) is 5.34. The molecule has 0 saturated carbocycles. The van der Waals surface area contributed by atoms with Crippen molar-refractivity contribution < 1.29 is 14.7 Å². The molecule has 5 heteroatoms. The van der Waals surface area contributed by atoms with Gasteiger partial charge in [0.15, 0.2) is 0 Å². The number of amides is 2. The first-order valence-electron chi connectivity index (χ1n) is 7.26. The molecule has 5 nitrogen and oxygen atoms in total. The maximum Gasteiger partial charge on any atom is 0.326 e. The number of carboxylic acids is 1. The van der Waals surface area contributed by atoms with Crippen LogP contribution in [0.1, 0.15) is 31.4 Å². The van der Waals surface area contributed by atoms with Crippen molar-refractivity contribution in [1.82, 2.24) is 10.6 Å². The Kier molecular flexibility index (Phi) is 6.72. The van der Waals surface area contributed by atoms with Gasteiger partial charge in [-0.1, -0.05) is 50.1 Å².